The van der Waals surface area contributed by atoms with Crippen molar-refractivity contribution in [2.24, 2.45) is 5.92 Å². The Hall–Kier alpha value is -2.44. The molecule has 3 aliphatic heterocycles. The first-order valence-corrected chi connectivity index (χ1v) is 14.7. The van der Waals surface area contributed by atoms with E-state index in [4.69, 9.17) is 4.98 Å². The third-order valence-electron chi connectivity index (χ3n) is 9.25. The fourth-order valence-electron chi connectivity index (χ4n) is 7.19. The third-order valence-corrected chi connectivity index (χ3v) is 9.78. The van der Waals surface area contributed by atoms with E-state index in [1.807, 2.05) is 6.20 Å². The summed E-state index contributed by atoms with van der Waals surface area (Å²) in [6, 6.07) is 17.8. The van der Waals surface area contributed by atoms with Gasteiger partial charge < -0.3 is 14.4 Å². The van der Waals surface area contributed by atoms with Crippen LogP contribution in [0.5, 0.6) is 0 Å². The minimum atomic E-state index is -0.439. The van der Waals surface area contributed by atoms with Crippen LogP contribution < -0.4 is 0 Å². The highest BCUT2D eigenvalue weighted by atomic mass is 79.9. The van der Waals surface area contributed by atoms with Crippen LogP contribution in [0.1, 0.15) is 62.3 Å². The number of hydrogen-bond acceptors (Lipinski definition) is 3. The van der Waals surface area contributed by atoms with Gasteiger partial charge in [-0.05, 0) is 88.2 Å². The summed E-state index contributed by atoms with van der Waals surface area (Å²) < 4.78 is 3.43. The molecule has 3 aromatic rings. The number of amides is 1. The molecule has 0 aliphatic carbocycles. The van der Waals surface area contributed by atoms with Crippen molar-refractivity contribution in [3.63, 3.8) is 0 Å². The molecule has 3 aliphatic rings. The summed E-state index contributed by atoms with van der Waals surface area (Å²) in [4.78, 5) is 23.2. The minimum absolute atomic E-state index is 0.285. The van der Waals surface area contributed by atoms with Crippen LogP contribution in [0.3, 0.4) is 0 Å². The molecule has 37 heavy (non-hydrogen) atoms. The number of aryl methyl sites for hydroxylation is 1. The van der Waals surface area contributed by atoms with Crippen LogP contribution in [0, 0.1) is 12.8 Å². The molecular formula is C31H37BrN4O. The highest BCUT2D eigenvalue weighted by molar-refractivity contribution is 9.10. The SMILES string of the molecule is Cc1cnc2n1C(CCC(=O)N1CCC(C(C)N3CCCC3)CC1)(c1ccc(Br)cc1)c1ccccc1-2. The zero-order valence-corrected chi connectivity index (χ0v) is 23.6. The molecule has 0 saturated carbocycles. The van der Waals surface area contributed by atoms with Gasteiger partial charge in [-0.1, -0.05) is 52.3 Å². The lowest BCUT2D eigenvalue weighted by Gasteiger charge is -2.39. The summed E-state index contributed by atoms with van der Waals surface area (Å²) in [5.41, 5.74) is 4.30. The summed E-state index contributed by atoms with van der Waals surface area (Å²) in [6.07, 6.45) is 8.12. The van der Waals surface area contributed by atoms with Crippen molar-refractivity contribution < 1.29 is 4.79 Å². The molecule has 1 amide bonds. The van der Waals surface area contributed by atoms with E-state index in [0.29, 0.717) is 18.4 Å². The van der Waals surface area contributed by atoms with Crippen molar-refractivity contribution >= 4 is 21.8 Å². The number of halogens is 1. The second-order valence-electron chi connectivity index (χ2n) is 11.2. The first kappa shape index (κ1) is 24.9. The van der Waals surface area contributed by atoms with Crippen LogP contribution in [0.25, 0.3) is 11.4 Å². The Morgan fingerprint density at radius 1 is 1.05 bits per heavy atom. The molecule has 4 heterocycles. The average molecular weight is 562 g/mol. The molecule has 2 unspecified atom stereocenters. The molecule has 5 nitrogen and oxygen atoms in total. The lowest BCUT2D eigenvalue weighted by Crippen LogP contribution is -2.45. The van der Waals surface area contributed by atoms with Gasteiger partial charge in [0.15, 0.2) is 0 Å². The van der Waals surface area contributed by atoms with Crippen LogP contribution in [0.4, 0.5) is 0 Å². The van der Waals surface area contributed by atoms with Gasteiger partial charge in [-0.3, -0.25) is 4.79 Å². The Morgan fingerprint density at radius 3 is 2.49 bits per heavy atom. The maximum absolute atomic E-state index is 13.6. The van der Waals surface area contributed by atoms with Crippen molar-refractivity contribution in [3.8, 4) is 11.4 Å². The lowest BCUT2D eigenvalue weighted by atomic mass is 9.78. The third kappa shape index (κ3) is 4.26. The Kier molecular flexibility index (Phi) is 6.74. The van der Waals surface area contributed by atoms with Gasteiger partial charge in [-0.25, -0.2) is 4.98 Å². The molecule has 0 bridgehead atoms. The number of nitrogens with zero attached hydrogens (tertiary/aromatic N) is 4. The van der Waals surface area contributed by atoms with Crippen LogP contribution in [0.15, 0.2) is 59.2 Å². The summed E-state index contributed by atoms with van der Waals surface area (Å²) >= 11 is 3.61. The van der Waals surface area contributed by atoms with Gasteiger partial charge in [0.2, 0.25) is 5.91 Å². The van der Waals surface area contributed by atoms with E-state index in [1.54, 1.807) is 0 Å². The standard InChI is InChI=1S/C31H37BrN4O/c1-22-21-33-30-27-7-3-4-8-28(27)31(36(22)30,25-9-11-26(32)12-10-25)16-13-29(37)35-19-14-24(15-20-35)23(2)34-17-5-6-18-34/h3-4,7-12,21,23-24H,5-6,13-20H2,1-2H3. The molecular weight excluding hydrogens is 524 g/mol. The average Bonchev–Trinajstić information content (AvgIpc) is 3.66. The predicted octanol–water partition coefficient (Wildman–Crippen LogP) is 6.23. The van der Waals surface area contributed by atoms with Gasteiger partial charge in [-0.15, -0.1) is 0 Å². The zero-order chi connectivity index (χ0) is 25.6. The number of likely N-dealkylation sites (tertiary alicyclic amines) is 2. The van der Waals surface area contributed by atoms with Gasteiger partial charge in [-0.2, -0.15) is 0 Å². The molecule has 1 aromatic heterocycles. The molecule has 194 valence electrons. The van der Waals surface area contributed by atoms with Crippen LogP contribution in [-0.4, -0.2) is 57.5 Å². The van der Waals surface area contributed by atoms with E-state index in [0.717, 1.165) is 48.3 Å². The van der Waals surface area contributed by atoms with Gasteiger partial charge >= 0.3 is 0 Å². The molecule has 2 atom stereocenters. The second-order valence-corrected chi connectivity index (χ2v) is 12.1. The maximum Gasteiger partial charge on any atom is 0.222 e. The van der Waals surface area contributed by atoms with E-state index < -0.39 is 5.54 Å². The molecule has 6 heteroatoms. The number of benzene rings is 2. The summed E-state index contributed by atoms with van der Waals surface area (Å²) in [7, 11) is 0. The Bertz CT molecular complexity index is 1270. The Morgan fingerprint density at radius 2 is 1.76 bits per heavy atom. The Labute approximate surface area is 229 Å². The number of fused-ring (bicyclic) bond motifs is 3. The number of carbonyl (C=O) groups is 1. The topological polar surface area (TPSA) is 41.4 Å². The smallest absolute Gasteiger partial charge is 0.222 e. The van der Waals surface area contributed by atoms with Crippen molar-refractivity contribution in [2.75, 3.05) is 26.2 Å². The fourth-order valence-corrected chi connectivity index (χ4v) is 7.46. The number of piperidine rings is 1. The molecule has 0 N–H and O–H groups in total. The highest BCUT2D eigenvalue weighted by Crippen LogP contribution is 2.50. The van der Waals surface area contributed by atoms with Crippen molar-refractivity contribution in [1.29, 1.82) is 0 Å². The van der Waals surface area contributed by atoms with Crippen LogP contribution >= 0.6 is 15.9 Å². The molecule has 2 fully saturated rings. The van der Waals surface area contributed by atoms with E-state index in [2.05, 4.69) is 92.7 Å². The highest BCUT2D eigenvalue weighted by Gasteiger charge is 2.46. The van der Waals surface area contributed by atoms with Gasteiger partial charge in [0.05, 0.1) is 5.54 Å². The first-order valence-electron chi connectivity index (χ1n) is 13.9. The summed E-state index contributed by atoms with van der Waals surface area (Å²) in [5.74, 6) is 1.99. The zero-order valence-electron chi connectivity index (χ0n) is 22.0. The van der Waals surface area contributed by atoms with Gasteiger partial charge in [0.1, 0.15) is 5.82 Å². The monoisotopic (exact) mass is 560 g/mol. The maximum atomic E-state index is 13.6. The minimum Gasteiger partial charge on any atom is -0.343 e. The van der Waals surface area contributed by atoms with E-state index >= 15 is 0 Å². The van der Waals surface area contributed by atoms with Crippen LogP contribution in [-0.2, 0) is 10.3 Å². The van der Waals surface area contributed by atoms with Crippen LogP contribution in [0.2, 0.25) is 0 Å². The van der Waals surface area contributed by atoms with E-state index in [-0.39, 0.29) is 5.91 Å². The second kappa shape index (κ2) is 10.0. The number of hydrogen-bond donors (Lipinski definition) is 0. The van der Waals surface area contributed by atoms with Gasteiger partial charge in [0, 0.05) is 47.5 Å². The quantitative estimate of drug-likeness (QED) is 0.359. The number of aromatic nitrogens is 2. The van der Waals surface area contributed by atoms with E-state index in [1.165, 1.54) is 42.6 Å². The number of carbonyl (C=O) groups excluding carboxylic acids is 1. The fraction of sp³-hybridized carbons (Fsp3) is 0.484. The number of imidazole rings is 1. The molecule has 0 spiro atoms. The molecule has 0 radical (unpaired) electrons. The van der Waals surface area contributed by atoms with Crippen molar-refractivity contribution in [3.05, 3.63) is 76.0 Å². The molecule has 6 rings (SSSR count). The largest absolute Gasteiger partial charge is 0.343 e. The molecule has 2 aromatic carbocycles. The summed E-state index contributed by atoms with van der Waals surface area (Å²) in [6.45, 7) is 8.80. The number of rotatable bonds is 6. The summed E-state index contributed by atoms with van der Waals surface area (Å²) in [5, 5.41) is 0. The first-order chi connectivity index (χ1) is 18.0. The van der Waals surface area contributed by atoms with Crippen molar-refractivity contribution in [1.82, 2.24) is 19.4 Å². The van der Waals surface area contributed by atoms with Crippen molar-refractivity contribution in [2.45, 2.75) is 64.0 Å². The lowest BCUT2D eigenvalue weighted by molar-refractivity contribution is -0.133. The van der Waals surface area contributed by atoms with E-state index in [9.17, 15) is 4.79 Å². The predicted molar refractivity (Wildman–Crippen MR) is 152 cm³/mol. The van der Waals surface area contributed by atoms with Gasteiger partial charge in [0.25, 0.3) is 0 Å². The normalized spacial score (nSPS) is 22.7. The molecule has 2 saturated heterocycles. The Balaban J connectivity index is 1.24.